The van der Waals surface area contributed by atoms with E-state index in [-0.39, 0.29) is 5.50 Å². The van der Waals surface area contributed by atoms with E-state index in [1.807, 2.05) is 0 Å². The first kappa shape index (κ1) is 6.67. The number of nitrogens with zero attached hydrogens (tertiary/aromatic N) is 2. The second-order valence-electron chi connectivity index (χ2n) is 2.39. The average Bonchev–Trinajstić information content (AvgIpc) is 2.34. The molecule has 11 heavy (non-hydrogen) atoms. The molecule has 0 spiro atoms. The van der Waals surface area contributed by atoms with Crippen molar-refractivity contribution in [1.82, 2.24) is 9.78 Å². The molecule has 0 aliphatic carbocycles. The van der Waals surface area contributed by atoms with Crippen molar-refractivity contribution < 1.29 is 0 Å². The maximum atomic E-state index is 7.49. The van der Waals surface area contributed by atoms with E-state index in [0.29, 0.717) is 12.3 Å². The van der Waals surface area contributed by atoms with Crippen molar-refractivity contribution in [2.45, 2.75) is 11.9 Å². The number of fused-ring (bicyclic) bond motifs is 1. The molecule has 1 aromatic heterocycles. The molecule has 0 saturated heterocycles. The zero-order valence-corrected chi connectivity index (χ0v) is 6.47. The number of nitrogens with one attached hydrogen (secondary N) is 2. The Morgan fingerprint density at radius 1 is 1.82 bits per heavy atom. The van der Waals surface area contributed by atoms with Crippen molar-refractivity contribution in [2.24, 2.45) is 0 Å². The van der Waals surface area contributed by atoms with Crippen LogP contribution in [0.1, 0.15) is 6.42 Å². The van der Waals surface area contributed by atoms with Gasteiger partial charge in [-0.2, -0.15) is 5.10 Å². The van der Waals surface area contributed by atoms with Crippen molar-refractivity contribution in [3.63, 3.8) is 0 Å². The number of hydrogen-bond donors (Lipinski definition) is 2. The van der Waals surface area contributed by atoms with E-state index in [1.54, 1.807) is 16.9 Å². The summed E-state index contributed by atoms with van der Waals surface area (Å²) in [6.07, 6.45) is 2.15. The Labute approximate surface area is 68.7 Å². The maximum absolute atomic E-state index is 7.49. The van der Waals surface area contributed by atoms with Crippen LogP contribution in [0.15, 0.2) is 12.3 Å². The third kappa shape index (κ3) is 0.991. The lowest BCUT2D eigenvalue weighted by molar-refractivity contribution is 0.815. The molecule has 0 amide bonds. The Bertz CT molecular complexity index is 293. The van der Waals surface area contributed by atoms with Crippen molar-refractivity contribution in [1.29, 1.82) is 5.41 Å². The number of rotatable bonds is 0. The van der Waals surface area contributed by atoms with Gasteiger partial charge >= 0.3 is 0 Å². The van der Waals surface area contributed by atoms with Gasteiger partial charge in [0.1, 0.15) is 17.2 Å². The second-order valence-corrected chi connectivity index (χ2v) is 2.92. The molecule has 0 aromatic carbocycles. The smallest absolute Gasteiger partial charge is 0.132 e. The quantitative estimate of drug-likeness (QED) is 0.453. The highest BCUT2D eigenvalue weighted by Crippen LogP contribution is 2.18. The summed E-state index contributed by atoms with van der Waals surface area (Å²) in [5.41, 5.74) is -0.174. The highest BCUT2D eigenvalue weighted by atomic mass is 35.5. The number of anilines is 1. The molecule has 1 aliphatic rings. The zero-order chi connectivity index (χ0) is 7.84. The van der Waals surface area contributed by atoms with Crippen LogP contribution in [0.3, 0.4) is 0 Å². The summed E-state index contributed by atoms with van der Waals surface area (Å²) in [6.45, 7) is 0. The molecule has 1 aromatic rings. The molecule has 0 saturated carbocycles. The normalized spacial score (nSPS) is 22.6. The lowest BCUT2D eigenvalue weighted by Crippen LogP contribution is -2.30. The van der Waals surface area contributed by atoms with Gasteiger partial charge in [0.25, 0.3) is 0 Å². The van der Waals surface area contributed by atoms with Crippen LogP contribution in [0.5, 0.6) is 0 Å². The first-order chi connectivity index (χ1) is 5.27. The fraction of sp³-hybridized carbons (Fsp3) is 0.333. The Kier molecular flexibility index (Phi) is 1.35. The fourth-order valence-electron chi connectivity index (χ4n) is 1.10. The van der Waals surface area contributed by atoms with Gasteiger partial charge in [-0.3, -0.25) is 5.41 Å². The van der Waals surface area contributed by atoms with Gasteiger partial charge < -0.3 is 5.32 Å². The number of alkyl halides is 1. The van der Waals surface area contributed by atoms with Gasteiger partial charge in [0, 0.05) is 12.5 Å². The molecule has 0 radical (unpaired) electrons. The van der Waals surface area contributed by atoms with E-state index >= 15 is 0 Å². The predicted molar refractivity (Wildman–Crippen MR) is 43.2 cm³/mol. The summed E-state index contributed by atoms with van der Waals surface area (Å²) in [7, 11) is 0. The van der Waals surface area contributed by atoms with E-state index in [1.165, 1.54) is 0 Å². The van der Waals surface area contributed by atoms with Crippen molar-refractivity contribution >= 4 is 23.3 Å². The van der Waals surface area contributed by atoms with E-state index < -0.39 is 0 Å². The molecular formula is C6H7ClN4. The molecular weight excluding hydrogens is 164 g/mol. The molecule has 58 valence electrons. The molecule has 1 atom stereocenters. The Morgan fingerprint density at radius 2 is 2.64 bits per heavy atom. The van der Waals surface area contributed by atoms with Gasteiger partial charge in [-0.1, -0.05) is 11.6 Å². The predicted octanol–water partition coefficient (Wildman–Crippen LogP) is 1.09. The van der Waals surface area contributed by atoms with Crippen LogP contribution in [-0.4, -0.2) is 21.1 Å². The third-order valence-electron chi connectivity index (χ3n) is 1.58. The highest BCUT2D eigenvalue weighted by molar-refractivity contribution is 6.23. The fourth-order valence-corrected chi connectivity index (χ4v) is 1.35. The van der Waals surface area contributed by atoms with E-state index in [0.717, 1.165) is 5.82 Å². The summed E-state index contributed by atoms with van der Waals surface area (Å²) in [5.74, 6) is 1.23. The zero-order valence-electron chi connectivity index (χ0n) is 5.71. The lowest BCUT2D eigenvalue weighted by atomic mass is 10.3. The van der Waals surface area contributed by atoms with E-state index in [2.05, 4.69) is 10.4 Å². The van der Waals surface area contributed by atoms with Gasteiger partial charge in [0.05, 0.1) is 6.20 Å². The van der Waals surface area contributed by atoms with Gasteiger partial charge in [0.15, 0.2) is 0 Å². The number of hydrogen-bond acceptors (Lipinski definition) is 3. The first-order valence-electron chi connectivity index (χ1n) is 3.30. The molecule has 2 rings (SSSR count). The lowest BCUT2D eigenvalue weighted by Gasteiger charge is -2.20. The van der Waals surface area contributed by atoms with Crippen molar-refractivity contribution in [3.8, 4) is 0 Å². The number of aromatic nitrogens is 2. The minimum Gasteiger partial charge on any atom is -0.353 e. The SMILES string of the molecule is N=C1CC(Cl)Nc2ccnn21. The van der Waals surface area contributed by atoms with Crippen molar-refractivity contribution in [2.75, 3.05) is 5.32 Å². The molecule has 0 bridgehead atoms. The van der Waals surface area contributed by atoms with Crippen LogP contribution in [0.4, 0.5) is 5.82 Å². The largest absolute Gasteiger partial charge is 0.353 e. The van der Waals surface area contributed by atoms with Crippen LogP contribution in [0.2, 0.25) is 0 Å². The Morgan fingerprint density at radius 3 is 3.45 bits per heavy atom. The molecule has 1 unspecified atom stereocenters. The van der Waals surface area contributed by atoms with E-state index in [9.17, 15) is 0 Å². The third-order valence-corrected chi connectivity index (χ3v) is 1.84. The Balaban J connectivity index is 2.44. The summed E-state index contributed by atoms with van der Waals surface area (Å²) in [4.78, 5) is 0. The summed E-state index contributed by atoms with van der Waals surface area (Å²) in [5, 5.41) is 14.4. The molecule has 5 heteroatoms. The minimum atomic E-state index is -0.174. The van der Waals surface area contributed by atoms with Gasteiger partial charge in [-0.15, -0.1) is 0 Å². The molecule has 0 fully saturated rings. The Hall–Kier alpha value is -1.03. The highest BCUT2D eigenvalue weighted by Gasteiger charge is 2.19. The average molecular weight is 171 g/mol. The van der Waals surface area contributed by atoms with E-state index in [4.69, 9.17) is 17.0 Å². The van der Waals surface area contributed by atoms with Crippen LogP contribution in [0.25, 0.3) is 0 Å². The van der Waals surface area contributed by atoms with Crippen LogP contribution in [-0.2, 0) is 0 Å². The van der Waals surface area contributed by atoms with Gasteiger partial charge in [-0.25, -0.2) is 4.68 Å². The van der Waals surface area contributed by atoms with Crippen molar-refractivity contribution in [3.05, 3.63) is 12.3 Å². The van der Waals surface area contributed by atoms with Crippen LogP contribution in [0, 0.1) is 5.41 Å². The standard InChI is InChI=1S/C6H7ClN4/c7-4-3-5(8)11-6(10-4)1-2-9-11/h1-2,4,8,10H,3H2. The summed E-state index contributed by atoms with van der Waals surface area (Å²) < 4.78 is 1.54. The van der Waals surface area contributed by atoms with Gasteiger partial charge in [0.2, 0.25) is 0 Å². The topological polar surface area (TPSA) is 53.7 Å². The molecule has 4 nitrogen and oxygen atoms in total. The molecule has 2 N–H and O–H groups in total. The second kappa shape index (κ2) is 2.23. The molecule has 2 heterocycles. The maximum Gasteiger partial charge on any atom is 0.132 e. The van der Waals surface area contributed by atoms with Crippen LogP contribution < -0.4 is 5.32 Å². The molecule has 1 aliphatic heterocycles. The minimum absolute atomic E-state index is 0.174. The summed E-state index contributed by atoms with van der Waals surface area (Å²) in [6, 6.07) is 1.79. The first-order valence-corrected chi connectivity index (χ1v) is 3.73. The number of halogens is 1. The van der Waals surface area contributed by atoms with Crippen LogP contribution >= 0.6 is 11.6 Å². The monoisotopic (exact) mass is 170 g/mol. The summed E-state index contributed by atoms with van der Waals surface area (Å²) >= 11 is 5.80. The van der Waals surface area contributed by atoms with Gasteiger partial charge in [-0.05, 0) is 0 Å².